The Bertz CT molecular complexity index is 474. The van der Waals surface area contributed by atoms with Crippen molar-refractivity contribution < 1.29 is 0 Å². The molecule has 0 atom stereocenters. The monoisotopic (exact) mass is 207 g/mol. The van der Waals surface area contributed by atoms with Crippen molar-refractivity contribution in [2.45, 2.75) is 6.54 Å². The standard InChI is InChI=1S/C9H9N3OS/c10-8-11-9(13)12(14-8)6-7-4-2-1-3-5-7/h1-5H,6H2,(H2,10,11,13). The van der Waals surface area contributed by atoms with Crippen LogP contribution < -0.4 is 11.4 Å². The first kappa shape index (κ1) is 8.96. The van der Waals surface area contributed by atoms with Crippen LogP contribution in [0.15, 0.2) is 35.1 Å². The molecule has 0 unspecified atom stereocenters. The van der Waals surface area contributed by atoms with Crippen LogP contribution in [0, 0.1) is 0 Å². The van der Waals surface area contributed by atoms with Crippen LogP contribution in [0.5, 0.6) is 0 Å². The van der Waals surface area contributed by atoms with Gasteiger partial charge in [0.05, 0.1) is 6.54 Å². The lowest BCUT2D eigenvalue weighted by Crippen LogP contribution is -2.15. The van der Waals surface area contributed by atoms with E-state index >= 15 is 0 Å². The van der Waals surface area contributed by atoms with Crippen molar-refractivity contribution in [1.82, 2.24) is 8.94 Å². The molecule has 5 heteroatoms. The van der Waals surface area contributed by atoms with Gasteiger partial charge in [-0.1, -0.05) is 30.3 Å². The van der Waals surface area contributed by atoms with Gasteiger partial charge in [-0.05, 0) is 17.1 Å². The van der Waals surface area contributed by atoms with Gasteiger partial charge in [0.15, 0.2) is 0 Å². The zero-order valence-electron chi connectivity index (χ0n) is 7.38. The average molecular weight is 207 g/mol. The predicted molar refractivity (Wildman–Crippen MR) is 56.3 cm³/mol. The van der Waals surface area contributed by atoms with Crippen LogP contribution in [0.2, 0.25) is 0 Å². The maximum absolute atomic E-state index is 11.2. The molecule has 0 radical (unpaired) electrons. The van der Waals surface area contributed by atoms with Crippen molar-refractivity contribution in [1.29, 1.82) is 0 Å². The first-order valence-corrected chi connectivity index (χ1v) is 4.90. The molecule has 0 saturated carbocycles. The first-order chi connectivity index (χ1) is 6.75. The Balaban J connectivity index is 2.28. The summed E-state index contributed by atoms with van der Waals surface area (Å²) in [5, 5.41) is 0.311. The molecule has 1 heterocycles. The van der Waals surface area contributed by atoms with Crippen molar-refractivity contribution in [2.75, 3.05) is 5.73 Å². The third-order valence-electron chi connectivity index (χ3n) is 1.79. The summed E-state index contributed by atoms with van der Waals surface area (Å²) in [5.41, 5.74) is 6.21. The molecule has 72 valence electrons. The highest BCUT2D eigenvalue weighted by Crippen LogP contribution is 2.06. The van der Waals surface area contributed by atoms with Crippen molar-refractivity contribution in [3.63, 3.8) is 0 Å². The predicted octanol–water partition coefficient (Wildman–Crippen LogP) is 0.935. The van der Waals surface area contributed by atoms with E-state index in [0.717, 1.165) is 5.56 Å². The minimum atomic E-state index is -0.281. The van der Waals surface area contributed by atoms with E-state index in [4.69, 9.17) is 5.73 Å². The van der Waals surface area contributed by atoms with Crippen LogP contribution >= 0.6 is 11.5 Å². The molecule has 0 aliphatic heterocycles. The van der Waals surface area contributed by atoms with Gasteiger partial charge in [-0.3, -0.25) is 0 Å². The Morgan fingerprint density at radius 2 is 2.07 bits per heavy atom. The molecular formula is C9H9N3OS. The molecule has 4 nitrogen and oxygen atoms in total. The van der Waals surface area contributed by atoms with Gasteiger partial charge >= 0.3 is 5.69 Å². The fourth-order valence-corrected chi connectivity index (χ4v) is 1.85. The van der Waals surface area contributed by atoms with Gasteiger partial charge in [0.2, 0.25) is 5.13 Å². The largest absolute Gasteiger partial charge is 0.374 e. The molecular weight excluding hydrogens is 198 g/mol. The number of nitrogens with zero attached hydrogens (tertiary/aromatic N) is 2. The van der Waals surface area contributed by atoms with Gasteiger partial charge in [-0.25, -0.2) is 8.75 Å². The lowest BCUT2D eigenvalue weighted by Gasteiger charge is -1.98. The summed E-state index contributed by atoms with van der Waals surface area (Å²) < 4.78 is 1.53. The number of anilines is 1. The third kappa shape index (κ3) is 1.82. The highest BCUT2D eigenvalue weighted by Gasteiger charge is 2.02. The van der Waals surface area contributed by atoms with E-state index in [1.165, 1.54) is 15.5 Å². The van der Waals surface area contributed by atoms with Gasteiger partial charge in [-0.15, -0.1) is 0 Å². The molecule has 0 amide bonds. The fraction of sp³-hybridized carbons (Fsp3) is 0.111. The minimum absolute atomic E-state index is 0.281. The number of hydrogen-bond acceptors (Lipinski definition) is 4. The zero-order chi connectivity index (χ0) is 9.97. The van der Waals surface area contributed by atoms with E-state index in [2.05, 4.69) is 4.98 Å². The van der Waals surface area contributed by atoms with Gasteiger partial charge in [0, 0.05) is 0 Å². The molecule has 2 aromatic rings. The summed E-state index contributed by atoms with van der Waals surface area (Å²) in [7, 11) is 0. The second-order valence-corrected chi connectivity index (χ2v) is 3.89. The number of hydrogen-bond donors (Lipinski definition) is 1. The molecule has 1 aromatic heterocycles. The highest BCUT2D eigenvalue weighted by molar-refractivity contribution is 7.10. The van der Waals surface area contributed by atoms with Gasteiger partial charge < -0.3 is 5.73 Å². The van der Waals surface area contributed by atoms with Gasteiger partial charge in [-0.2, -0.15) is 4.98 Å². The topological polar surface area (TPSA) is 60.9 Å². The zero-order valence-corrected chi connectivity index (χ0v) is 8.20. The third-order valence-corrected chi connectivity index (χ3v) is 2.58. The summed E-state index contributed by atoms with van der Waals surface area (Å²) >= 11 is 1.18. The molecule has 2 rings (SSSR count). The van der Waals surface area contributed by atoms with Crippen LogP contribution in [0.1, 0.15) is 5.56 Å². The van der Waals surface area contributed by atoms with Crippen LogP contribution in [-0.2, 0) is 6.54 Å². The van der Waals surface area contributed by atoms with E-state index in [0.29, 0.717) is 11.7 Å². The van der Waals surface area contributed by atoms with Crippen molar-refractivity contribution in [3.8, 4) is 0 Å². The molecule has 0 fully saturated rings. The lowest BCUT2D eigenvalue weighted by atomic mass is 10.2. The number of rotatable bonds is 2. The maximum atomic E-state index is 11.2. The van der Waals surface area contributed by atoms with Crippen LogP contribution in [0.25, 0.3) is 0 Å². The molecule has 14 heavy (non-hydrogen) atoms. The van der Waals surface area contributed by atoms with Gasteiger partial charge in [0.25, 0.3) is 0 Å². The van der Waals surface area contributed by atoms with Crippen LogP contribution in [0.4, 0.5) is 5.13 Å². The number of nitrogen functional groups attached to an aromatic ring is 1. The molecule has 0 aliphatic carbocycles. The van der Waals surface area contributed by atoms with E-state index in [-0.39, 0.29) is 5.69 Å². The Hall–Kier alpha value is -1.62. The normalized spacial score (nSPS) is 10.3. The molecule has 2 N–H and O–H groups in total. The van der Waals surface area contributed by atoms with Crippen molar-refractivity contribution in [3.05, 3.63) is 46.4 Å². The summed E-state index contributed by atoms with van der Waals surface area (Å²) in [6.07, 6.45) is 0. The Morgan fingerprint density at radius 1 is 1.36 bits per heavy atom. The summed E-state index contributed by atoms with van der Waals surface area (Å²) in [4.78, 5) is 14.8. The Labute approximate surface area is 84.8 Å². The molecule has 1 aromatic carbocycles. The first-order valence-electron chi connectivity index (χ1n) is 4.13. The average Bonchev–Trinajstić information content (AvgIpc) is 2.47. The molecule has 0 bridgehead atoms. The quantitative estimate of drug-likeness (QED) is 0.797. The van der Waals surface area contributed by atoms with E-state index in [1.807, 2.05) is 30.3 Å². The number of aromatic nitrogens is 2. The molecule has 0 saturated heterocycles. The fourth-order valence-electron chi connectivity index (χ4n) is 1.17. The second kappa shape index (κ2) is 3.63. The van der Waals surface area contributed by atoms with Gasteiger partial charge in [0.1, 0.15) is 0 Å². The van der Waals surface area contributed by atoms with E-state index in [1.54, 1.807) is 0 Å². The number of nitrogens with two attached hydrogens (primary N) is 1. The molecule has 0 aliphatic rings. The SMILES string of the molecule is Nc1nc(=O)n(Cc2ccccc2)s1. The van der Waals surface area contributed by atoms with Crippen LogP contribution in [-0.4, -0.2) is 8.94 Å². The Kier molecular flexibility index (Phi) is 2.32. The van der Waals surface area contributed by atoms with Crippen molar-refractivity contribution >= 4 is 16.7 Å². The number of benzene rings is 1. The summed E-state index contributed by atoms with van der Waals surface area (Å²) in [5.74, 6) is 0. The second-order valence-electron chi connectivity index (χ2n) is 2.85. The van der Waals surface area contributed by atoms with E-state index < -0.39 is 0 Å². The Morgan fingerprint density at radius 3 is 2.64 bits per heavy atom. The minimum Gasteiger partial charge on any atom is -0.374 e. The van der Waals surface area contributed by atoms with Crippen molar-refractivity contribution in [2.24, 2.45) is 0 Å². The summed E-state index contributed by atoms with van der Waals surface area (Å²) in [6.45, 7) is 0.536. The molecule has 0 spiro atoms. The van der Waals surface area contributed by atoms with E-state index in [9.17, 15) is 4.79 Å². The smallest absolute Gasteiger partial charge is 0.360 e. The lowest BCUT2D eigenvalue weighted by molar-refractivity contribution is 0.823. The maximum Gasteiger partial charge on any atom is 0.360 e. The highest BCUT2D eigenvalue weighted by atomic mass is 32.1. The summed E-state index contributed by atoms with van der Waals surface area (Å²) in [6, 6.07) is 9.73. The van der Waals surface area contributed by atoms with Crippen LogP contribution in [0.3, 0.4) is 0 Å².